The summed E-state index contributed by atoms with van der Waals surface area (Å²) in [5, 5.41) is 5.24. The molecule has 0 atom stereocenters. The molecule has 0 aliphatic rings. The van der Waals surface area contributed by atoms with Crippen molar-refractivity contribution in [3.05, 3.63) is 30.1 Å². The van der Waals surface area contributed by atoms with Crippen LogP contribution in [0.2, 0.25) is 0 Å². The molecular weight excluding hydrogens is 246 g/mol. The lowest BCUT2D eigenvalue weighted by atomic mass is 10.2. The van der Waals surface area contributed by atoms with Gasteiger partial charge in [0.05, 0.1) is 6.61 Å². The van der Waals surface area contributed by atoms with Crippen molar-refractivity contribution in [3.63, 3.8) is 0 Å². The van der Waals surface area contributed by atoms with E-state index in [-0.39, 0.29) is 5.91 Å². The van der Waals surface area contributed by atoms with Crippen LogP contribution in [0.15, 0.2) is 24.5 Å². The van der Waals surface area contributed by atoms with E-state index in [1.165, 1.54) is 0 Å². The molecule has 1 rings (SSSR count). The van der Waals surface area contributed by atoms with Crippen molar-refractivity contribution in [2.45, 2.75) is 13.8 Å². The molecule has 0 unspecified atom stereocenters. The molecule has 2 amide bonds. The van der Waals surface area contributed by atoms with Gasteiger partial charge in [-0.05, 0) is 18.1 Å². The molecule has 0 radical (unpaired) electrons. The van der Waals surface area contributed by atoms with Gasteiger partial charge >= 0.3 is 6.09 Å². The van der Waals surface area contributed by atoms with E-state index in [0.717, 1.165) is 0 Å². The summed E-state index contributed by atoms with van der Waals surface area (Å²) in [6.45, 7) is 4.98. The van der Waals surface area contributed by atoms with Crippen LogP contribution in [-0.2, 0) is 4.74 Å². The summed E-state index contributed by atoms with van der Waals surface area (Å²) in [6.07, 6.45) is 2.64. The average molecular weight is 265 g/mol. The smallest absolute Gasteiger partial charge is 0.407 e. The van der Waals surface area contributed by atoms with Gasteiger partial charge in [-0.2, -0.15) is 0 Å². The summed E-state index contributed by atoms with van der Waals surface area (Å²) in [5.41, 5.74) is 0.539. The van der Waals surface area contributed by atoms with Crippen molar-refractivity contribution in [1.82, 2.24) is 15.6 Å². The fourth-order valence-corrected chi connectivity index (χ4v) is 1.24. The predicted molar refractivity (Wildman–Crippen MR) is 70.8 cm³/mol. The highest BCUT2D eigenvalue weighted by molar-refractivity contribution is 5.93. The summed E-state index contributed by atoms with van der Waals surface area (Å²) in [4.78, 5) is 26.7. The van der Waals surface area contributed by atoms with E-state index in [4.69, 9.17) is 4.74 Å². The van der Waals surface area contributed by atoms with Gasteiger partial charge in [0, 0.05) is 31.0 Å². The Kier molecular flexibility index (Phi) is 6.35. The Morgan fingerprint density at radius 3 is 2.47 bits per heavy atom. The molecule has 0 fully saturated rings. The number of carbonyl (C=O) groups is 2. The zero-order chi connectivity index (χ0) is 14.1. The van der Waals surface area contributed by atoms with Crippen molar-refractivity contribution in [2.24, 2.45) is 5.92 Å². The zero-order valence-corrected chi connectivity index (χ0v) is 11.2. The van der Waals surface area contributed by atoms with Gasteiger partial charge in [0.1, 0.15) is 0 Å². The van der Waals surface area contributed by atoms with Crippen molar-refractivity contribution in [1.29, 1.82) is 0 Å². The molecule has 1 aromatic heterocycles. The highest BCUT2D eigenvalue weighted by atomic mass is 16.5. The molecule has 6 nitrogen and oxygen atoms in total. The van der Waals surface area contributed by atoms with E-state index in [9.17, 15) is 9.59 Å². The maximum absolute atomic E-state index is 11.6. The molecule has 0 aliphatic carbocycles. The minimum Gasteiger partial charge on any atom is -0.449 e. The number of nitrogens with one attached hydrogen (secondary N) is 2. The number of pyridine rings is 1. The molecule has 0 saturated heterocycles. The minimum atomic E-state index is -0.466. The Labute approximate surface area is 112 Å². The topological polar surface area (TPSA) is 80.3 Å². The Morgan fingerprint density at radius 1 is 1.21 bits per heavy atom. The molecule has 0 aromatic carbocycles. The van der Waals surface area contributed by atoms with Crippen molar-refractivity contribution in [3.8, 4) is 0 Å². The molecule has 19 heavy (non-hydrogen) atoms. The standard InChI is InChI=1S/C13H19N3O3/c1-10(2)9-19-13(18)16-8-7-15-12(17)11-3-5-14-6-4-11/h3-6,10H,7-9H2,1-2H3,(H,15,17)(H,16,18). The molecule has 1 heterocycles. The number of alkyl carbamates (subject to hydrolysis) is 1. The number of amides is 2. The fourth-order valence-electron chi connectivity index (χ4n) is 1.24. The largest absolute Gasteiger partial charge is 0.449 e. The van der Waals surface area contributed by atoms with Crippen LogP contribution in [0.5, 0.6) is 0 Å². The van der Waals surface area contributed by atoms with E-state index in [1.54, 1.807) is 24.5 Å². The Morgan fingerprint density at radius 2 is 1.84 bits per heavy atom. The number of hydrogen-bond acceptors (Lipinski definition) is 4. The van der Waals surface area contributed by atoms with Gasteiger partial charge in [-0.3, -0.25) is 9.78 Å². The lowest BCUT2D eigenvalue weighted by Gasteiger charge is -2.09. The molecular formula is C13H19N3O3. The van der Waals surface area contributed by atoms with Crippen molar-refractivity contribution < 1.29 is 14.3 Å². The quantitative estimate of drug-likeness (QED) is 0.757. The van der Waals surface area contributed by atoms with Crippen LogP contribution in [0.25, 0.3) is 0 Å². The number of aromatic nitrogens is 1. The highest BCUT2D eigenvalue weighted by Gasteiger charge is 2.05. The number of rotatable bonds is 6. The maximum atomic E-state index is 11.6. The molecule has 0 aliphatic heterocycles. The van der Waals surface area contributed by atoms with E-state index in [0.29, 0.717) is 31.2 Å². The first-order valence-corrected chi connectivity index (χ1v) is 6.18. The first-order chi connectivity index (χ1) is 9.09. The molecule has 1 aromatic rings. The molecule has 2 N–H and O–H groups in total. The van der Waals surface area contributed by atoms with E-state index >= 15 is 0 Å². The van der Waals surface area contributed by atoms with Gasteiger partial charge in [-0.1, -0.05) is 13.8 Å². The van der Waals surface area contributed by atoms with Gasteiger partial charge in [-0.25, -0.2) is 4.79 Å². The maximum Gasteiger partial charge on any atom is 0.407 e. The van der Waals surface area contributed by atoms with Crippen LogP contribution in [0.3, 0.4) is 0 Å². The molecule has 0 saturated carbocycles. The second-order valence-electron chi connectivity index (χ2n) is 4.41. The van der Waals surface area contributed by atoms with Gasteiger partial charge < -0.3 is 15.4 Å². The minimum absolute atomic E-state index is 0.195. The SMILES string of the molecule is CC(C)COC(=O)NCCNC(=O)c1ccncc1. The van der Waals surface area contributed by atoms with Gasteiger partial charge in [0.2, 0.25) is 0 Å². The first kappa shape index (κ1) is 14.9. The van der Waals surface area contributed by atoms with Crippen LogP contribution in [-0.4, -0.2) is 36.7 Å². The summed E-state index contributed by atoms with van der Waals surface area (Å²) >= 11 is 0. The monoisotopic (exact) mass is 265 g/mol. The van der Waals surface area contributed by atoms with Crippen LogP contribution in [0, 0.1) is 5.92 Å². The van der Waals surface area contributed by atoms with Crippen LogP contribution in [0.1, 0.15) is 24.2 Å². The van der Waals surface area contributed by atoms with Gasteiger partial charge in [-0.15, -0.1) is 0 Å². The third-order valence-electron chi connectivity index (χ3n) is 2.17. The Hall–Kier alpha value is -2.11. The summed E-state index contributed by atoms with van der Waals surface area (Å²) < 4.78 is 4.92. The number of ether oxygens (including phenoxy) is 1. The molecule has 0 spiro atoms. The Balaban J connectivity index is 2.14. The number of hydrogen-bond donors (Lipinski definition) is 2. The summed E-state index contributed by atoms with van der Waals surface area (Å²) in [7, 11) is 0. The van der Waals surface area contributed by atoms with Crippen LogP contribution < -0.4 is 10.6 Å². The van der Waals surface area contributed by atoms with E-state index < -0.39 is 6.09 Å². The van der Waals surface area contributed by atoms with Crippen molar-refractivity contribution in [2.75, 3.05) is 19.7 Å². The molecule has 6 heteroatoms. The van der Waals surface area contributed by atoms with Crippen molar-refractivity contribution >= 4 is 12.0 Å². The third-order valence-corrected chi connectivity index (χ3v) is 2.17. The highest BCUT2D eigenvalue weighted by Crippen LogP contribution is 1.95. The van der Waals surface area contributed by atoms with Gasteiger partial charge in [0.25, 0.3) is 5.91 Å². The van der Waals surface area contributed by atoms with E-state index in [1.807, 2.05) is 13.8 Å². The summed E-state index contributed by atoms with van der Waals surface area (Å²) in [5.74, 6) is 0.108. The normalized spacial score (nSPS) is 10.1. The first-order valence-electron chi connectivity index (χ1n) is 6.18. The lowest BCUT2D eigenvalue weighted by molar-refractivity contribution is 0.0951. The molecule has 0 bridgehead atoms. The second kappa shape index (κ2) is 8.07. The Bertz CT molecular complexity index is 407. The lowest BCUT2D eigenvalue weighted by Crippen LogP contribution is -2.35. The third kappa shape index (κ3) is 6.40. The van der Waals surface area contributed by atoms with E-state index in [2.05, 4.69) is 15.6 Å². The van der Waals surface area contributed by atoms with Crippen LogP contribution in [0.4, 0.5) is 4.79 Å². The average Bonchev–Trinajstić information content (AvgIpc) is 2.42. The number of carbonyl (C=O) groups excluding carboxylic acids is 2. The van der Waals surface area contributed by atoms with Gasteiger partial charge in [0.15, 0.2) is 0 Å². The fraction of sp³-hybridized carbons (Fsp3) is 0.462. The predicted octanol–water partition coefficient (Wildman–Crippen LogP) is 1.19. The molecule has 104 valence electrons. The van der Waals surface area contributed by atoms with Crippen LogP contribution >= 0.6 is 0 Å². The summed E-state index contributed by atoms with van der Waals surface area (Å²) in [6, 6.07) is 3.25. The number of nitrogens with zero attached hydrogens (tertiary/aromatic N) is 1. The zero-order valence-electron chi connectivity index (χ0n) is 11.2. The second-order valence-corrected chi connectivity index (χ2v) is 4.41.